The zero-order valence-electron chi connectivity index (χ0n) is 9.89. The van der Waals surface area contributed by atoms with Crippen LogP contribution in [0.3, 0.4) is 0 Å². The third kappa shape index (κ3) is 2.61. The first-order valence-corrected chi connectivity index (χ1v) is 6.34. The van der Waals surface area contributed by atoms with E-state index in [-0.39, 0.29) is 6.10 Å². The van der Waals surface area contributed by atoms with Crippen LogP contribution in [0.15, 0.2) is 18.2 Å². The van der Waals surface area contributed by atoms with Gasteiger partial charge in [-0.05, 0) is 54.9 Å². The molecule has 2 aliphatic carbocycles. The SMILES string of the molecule is O[C@H]1CCc2cc(OCOCC3CC3)ccc21. The Morgan fingerprint density at radius 2 is 2.12 bits per heavy atom. The molecule has 92 valence electrons. The van der Waals surface area contributed by atoms with Crippen molar-refractivity contribution in [2.45, 2.75) is 31.8 Å². The molecular weight excluding hydrogens is 216 g/mol. The molecule has 0 aromatic heterocycles. The minimum absolute atomic E-state index is 0.287. The second kappa shape index (κ2) is 4.67. The smallest absolute Gasteiger partial charge is 0.189 e. The molecule has 1 N–H and O–H groups in total. The van der Waals surface area contributed by atoms with Crippen molar-refractivity contribution in [3.05, 3.63) is 29.3 Å². The van der Waals surface area contributed by atoms with Gasteiger partial charge in [0.05, 0.1) is 12.7 Å². The predicted molar refractivity (Wildman–Crippen MR) is 63.9 cm³/mol. The standard InChI is InChI=1S/C14H18O3/c15-14-6-3-11-7-12(4-5-13(11)14)17-9-16-8-10-1-2-10/h4-5,7,10,14-15H,1-3,6,8-9H2/t14-/m0/s1. The molecule has 2 aliphatic rings. The van der Waals surface area contributed by atoms with Gasteiger partial charge in [0.1, 0.15) is 5.75 Å². The molecule has 0 spiro atoms. The quantitative estimate of drug-likeness (QED) is 0.628. The lowest BCUT2D eigenvalue weighted by atomic mass is 10.1. The summed E-state index contributed by atoms with van der Waals surface area (Å²) in [7, 11) is 0. The third-order valence-corrected chi connectivity index (χ3v) is 3.52. The van der Waals surface area contributed by atoms with Crippen molar-refractivity contribution < 1.29 is 14.6 Å². The molecule has 0 radical (unpaired) electrons. The highest BCUT2D eigenvalue weighted by atomic mass is 16.7. The minimum atomic E-state index is -0.287. The Hall–Kier alpha value is -1.06. The van der Waals surface area contributed by atoms with Gasteiger partial charge in [-0.2, -0.15) is 0 Å². The van der Waals surface area contributed by atoms with Crippen LogP contribution in [0.25, 0.3) is 0 Å². The van der Waals surface area contributed by atoms with Crippen molar-refractivity contribution in [2.24, 2.45) is 5.92 Å². The average Bonchev–Trinajstić information content (AvgIpc) is 3.10. The fourth-order valence-electron chi connectivity index (χ4n) is 2.27. The highest BCUT2D eigenvalue weighted by molar-refractivity contribution is 5.39. The summed E-state index contributed by atoms with van der Waals surface area (Å²) in [4.78, 5) is 0. The van der Waals surface area contributed by atoms with Crippen LogP contribution >= 0.6 is 0 Å². The summed E-state index contributed by atoms with van der Waals surface area (Å²) >= 11 is 0. The van der Waals surface area contributed by atoms with Gasteiger partial charge in [-0.1, -0.05) is 6.07 Å². The van der Waals surface area contributed by atoms with E-state index in [0.29, 0.717) is 6.79 Å². The Balaban J connectivity index is 1.52. The maximum absolute atomic E-state index is 9.69. The van der Waals surface area contributed by atoms with Crippen LogP contribution in [0.2, 0.25) is 0 Å². The van der Waals surface area contributed by atoms with Crippen molar-refractivity contribution in [3.8, 4) is 5.75 Å². The molecule has 1 atom stereocenters. The van der Waals surface area contributed by atoms with Crippen LogP contribution in [0.5, 0.6) is 5.75 Å². The van der Waals surface area contributed by atoms with Gasteiger partial charge < -0.3 is 14.6 Å². The Morgan fingerprint density at radius 1 is 1.24 bits per heavy atom. The van der Waals surface area contributed by atoms with E-state index in [1.54, 1.807) is 0 Å². The molecule has 0 amide bonds. The fraction of sp³-hybridized carbons (Fsp3) is 0.571. The third-order valence-electron chi connectivity index (χ3n) is 3.52. The van der Waals surface area contributed by atoms with Crippen LogP contribution in [-0.4, -0.2) is 18.5 Å². The van der Waals surface area contributed by atoms with Crippen molar-refractivity contribution in [3.63, 3.8) is 0 Å². The molecule has 0 heterocycles. The van der Waals surface area contributed by atoms with Crippen molar-refractivity contribution in [1.82, 2.24) is 0 Å². The van der Waals surface area contributed by atoms with Gasteiger partial charge >= 0.3 is 0 Å². The molecule has 1 aromatic rings. The van der Waals surface area contributed by atoms with E-state index in [0.717, 1.165) is 36.7 Å². The molecule has 17 heavy (non-hydrogen) atoms. The second-order valence-corrected chi connectivity index (χ2v) is 4.99. The molecule has 1 saturated carbocycles. The van der Waals surface area contributed by atoms with Crippen molar-refractivity contribution >= 4 is 0 Å². The van der Waals surface area contributed by atoms with Crippen LogP contribution in [0.1, 0.15) is 36.5 Å². The number of aliphatic hydroxyl groups is 1. The molecule has 0 saturated heterocycles. The normalized spacial score (nSPS) is 22.5. The Bertz CT molecular complexity index is 398. The molecule has 0 aliphatic heterocycles. The maximum Gasteiger partial charge on any atom is 0.189 e. The maximum atomic E-state index is 9.69. The lowest BCUT2D eigenvalue weighted by molar-refractivity contribution is 0.00994. The molecular formula is C14H18O3. The molecule has 3 rings (SSSR count). The topological polar surface area (TPSA) is 38.7 Å². The first kappa shape index (κ1) is 11.1. The van der Waals surface area contributed by atoms with E-state index >= 15 is 0 Å². The van der Waals surface area contributed by atoms with E-state index in [4.69, 9.17) is 9.47 Å². The van der Waals surface area contributed by atoms with E-state index in [1.165, 1.54) is 18.4 Å². The summed E-state index contributed by atoms with van der Waals surface area (Å²) in [5.74, 6) is 1.61. The number of aliphatic hydroxyl groups excluding tert-OH is 1. The van der Waals surface area contributed by atoms with E-state index in [9.17, 15) is 5.11 Å². The number of hydrogen-bond donors (Lipinski definition) is 1. The van der Waals surface area contributed by atoms with Gasteiger partial charge in [0.15, 0.2) is 6.79 Å². The van der Waals surface area contributed by atoms with Crippen molar-refractivity contribution in [1.29, 1.82) is 0 Å². The van der Waals surface area contributed by atoms with Gasteiger partial charge in [0.2, 0.25) is 0 Å². The van der Waals surface area contributed by atoms with E-state index in [2.05, 4.69) is 0 Å². The minimum Gasteiger partial charge on any atom is -0.468 e. The second-order valence-electron chi connectivity index (χ2n) is 4.99. The van der Waals surface area contributed by atoms with Crippen LogP contribution < -0.4 is 4.74 Å². The predicted octanol–water partition coefficient (Wildman–Crippen LogP) is 2.43. The number of benzene rings is 1. The summed E-state index contributed by atoms with van der Waals surface area (Å²) in [5, 5.41) is 9.69. The van der Waals surface area contributed by atoms with Gasteiger partial charge in [-0.25, -0.2) is 0 Å². The first-order chi connectivity index (χ1) is 8.33. The highest BCUT2D eigenvalue weighted by Gasteiger charge is 2.22. The molecule has 1 fully saturated rings. The summed E-state index contributed by atoms with van der Waals surface area (Å²) in [6.07, 6.45) is 4.09. The van der Waals surface area contributed by atoms with Gasteiger partial charge in [-0.15, -0.1) is 0 Å². The van der Waals surface area contributed by atoms with Gasteiger partial charge in [0, 0.05) is 0 Å². The number of rotatable bonds is 5. The van der Waals surface area contributed by atoms with Crippen molar-refractivity contribution in [2.75, 3.05) is 13.4 Å². The Morgan fingerprint density at radius 3 is 2.94 bits per heavy atom. The molecule has 3 heteroatoms. The summed E-state index contributed by atoms with van der Waals surface area (Å²) in [6.45, 7) is 1.15. The average molecular weight is 234 g/mol. The van der Waals surface area contributed by atoms with E-state index in [1.807, 2.05) is 18.2 Å². The molecule has 3 nitrogen and oxygen atoms in total. The zero-order valence-corrected chi connectivity index (χ0v) is 9.89. The molecule has 0 bridgehead atoms. The lowest BCUT2D eigenvalue weighted by Gasteiger charge is -2.09. The monoisotopic (exact) mass is 234 g/mol. The van der Waals surface area contributed by atoms with Crippen LogP contribution in [-0.2, 0) is 11.2 Å². The zero-order chi connectivity index (χ0) is 11.7. The summed E-state index contributed by atoms with van der Waals surface area (Å²) in [5.41, 5.74) is 2.26. The number of ether oxygens (including phenoxy) is 2. The summed E-state index contributed by atoms with van der Waals surface area (Å²) in [6, 6.07) is 5.89. The van der Waals surface area contributed by atoms with Gasteiger partial charge in [-0.3, -0.25) is 0 Å². The highest BCUT2D eigenvalue weighted by Crippen LogP contribution is 2.33. The molecule has 0 unspecified atom stereocenters. The fourth-order valence-corrected chi connectivity index (χ4v) is 2.27. The van der Waals surface area contributed by atoms with Crippen LogP contribution in [0, 0.1) is 5.92 Å². The number of fused-ring (bicyclic) bond motifs is 1. The number of hydrogen-bond acceptors (Lipinski definition) is 3. The Kier molecular flexibility index (Phi) is 3.04. The summed E-state index contributed by atoms with van der Waals surface area (Å²) < 4.78 is 11.0. The number of aryl methyl sites for hydroxylation is 1. The lowest BCUT2D eigenvalue weighted by Crippen LogP contribution is -2.05. The molecule has 1 aromatic carbocycles. The van der Waals surface area contributed by atoms with Crippen LogP contribution in [0.4, 0.5) is 0 Å². The van der Waals surface area contributed by atoms with E-state index < -0.39 is 0 Å². The first-order valence-electron chi connectivity index (χ1n) is 6.34. The van der Waals surface area contributed by atoms with Gasteiger partial charge in [0.25, 0.3) is 0 Å². The Labute approximate surface area is 101 Å². The largest absolute Gasteiger partial charge is 0.468 e.